The average molecular weight is 274 g/mol. The number of aryl methyl sites for hydroxylation is 1. The van der Waals surface area contributed by atoms with E-state index in [1.165, 1.54) is 0 Å². The first-order valence-corrected chi connectivity index (χ1v) is 7.43. The third kappa shape index (κ3) is 3.55. The summed E-state index contributed by atoms with van der Waals surface area (Å²) in [6.45, 7) is 2.05. The molecule has 0 N–H and O–H groups in total. The molecule has 0 fully saturated rings. The van der Waals surface area contributed by atoms with Crippen LogP contribution in [-0.2, 0) is 15.5 Å². The summed E-state index contributed by atoms with van der Waals surface area (Å²) >= 11 is 0. The maximum Gasteiger partial charge on any atom is 0.343 e. The van der Waals surface area contributed by atoms with Crippen LogP contribution in [0.5, 0.6) is 0 Å². The van der Waals surface area contributed by atoms with Gasteiger partial charge >= 0.3 is 5.97 Å². The number of hydrogen-bond donors (Lipinski definition) is 0. The highest BCUT2D eigenvalue weighted by Gasteiger charge is 2.12. The van der Waals surface area contributed by atoms with Gasteiger partial charge in [0.05, 0.1) is 5.56 Å². The first kappa shape index (κ1) is 13.6. The summed E-state index contributed by atoms with van der Waals surface area (Å²) in [6, 6.07) is 15.9. The monoisotopic (exact) mass is 274 g/mol. The van der Waals surface area contributed by atoms with Gasteiger partial charge in [-0.2, -0.15) is 0 Å². The van der Waals surface area contributed by atoms with Gasteiger partial charge in [-0.1, -0.05) is 37.3 Å². The molecule has 1 unspecified atom stereocenters. The number of hydrogen-bond acceptors (Lipinski definition) is 3. The highest BCUT2D eigenvalue weighted by atomic mass is 31.1. The van der Waals surface area contributed by atoms with E-state index < -0.39 is 14.0 Å². The van der Waals surface area contributed by atoms with Crippen molar-refractivity contribution in [1.29, 1.82) is 0 Å². The van der Waals surface area contributed by atoms with E-state index in [0.717, 1.165) is 12.0 Å². The standard InChI is InChI=1S/C15H15O3P/c1-2-12-8-10-14(11-9-12)19(17)18-15(16)13-6-4-3-5-7-13/h3-11,19H,2H2,1H3. The molecule has 0 amide bonds. The quantitative estimate of drug-likeness (QED) is 0.804. The maximum absolute atomic E-state index is 12.0. The lowest BCUT2D eigenvalue weighted by molar-refractivity contribution is 0.0752. The van der Waals surface area contributed by atoms with Crippen LogP contribution in [0.1, 0.15) is 22.8 Å². The van der Waals surface area contributed by atoms with E-state index in [-0.39, 0.29) is 0 Å². The Labute approximate surface area is 113 Å². The second-order valence-corrected chi connectivity index (χ2v) is 5.45. The summed E-state index contributed by atoms with van der Waals surface area (Å²) in [7, 11) is -2.54. The van der Waals surface area contributed by atoms with Crippen LogP contribution in [0, 0.1) is 0 Å². The highest BCUT2D eigenvalue weighted by Crippen LogP contribution is 2.23. The summed E-state index contributed by atoms with van der Waals surface area (Å²) in [4.78, 5) is 11.8. The molecule has 2 aromatic rings. The fourth-order valence-electron chi connectivity index (χ4n) is 1.65. The number of benzene rings is 2. The van der Waals surface area contributed by atoms with Crippen LogP contribution in [-0.4, -0.2) is 5.97 Å². The molecule has 0 aromatic heterocycles. The van der Waals surface area contributed by atoms with Crippen LogP contribution >= 0.6 is 8.03 Å². The molecule has 3 nitrogen and oxygen atoms in total. The lowest BCUT2D eigenvalue weighted by Crippen LogP contribution is -2.05. The van der Waals surface area contributed by atoms with E-state index in [1.54, 1.807) is 36.4 Å². The van der Waals surface area contributed by atoms with Gasteiger partial charge < -0.3 is 4.52 Å². The lowest BCUT2D eigenvalue weighted by Gasteiger charge is -2.05. The van der Waals surface area contributed by atoms with E-state index in [9.17, 15) is 9.36 Å². The molecule has 19 heavy (non-hydrogen) atoms. The zero-order chi connectivity index (χ0) is 13.7. The molecule has 4 heteroatoms. The van der Waals surface area contributed by atoms with Crippen LogP contribution in [0.25, 0.3) is 0 Å². The van der Waals surface area contributed by atoms with Crippen LogP contribution in [0.3, 0.4) is 0 Å². The van der Waals surface area contributed by atoms with E-state index in [1.807, 2.05) is 25.1 Å². The Balaban J connectivity index is 2.06. The van der Waals surface area contributed by atoms with Gasteiger partial charge in [0.1, 0.15) is 0 Å². The minimum atomic E-state index is -2.54. The molecule has 0 aliphatic rings. The van der Waals surface area contributed by atoms with Crippen molar-refractivity contribution in [2.45, 2.75) is 13.3 Å². The minimum Gasteiger partial charge on any atom is -0.407 e. The third-order valence-corrected chi connectivity index (χ3v) is 3.97. The molecule has 0 saturated heterocycles. The molecular formula is C15H15O3P. The Kier molecular flexibility index (Phi) is 4.53. The van der Waals surface area contributed by atoms with Gasteiger partial charge in [0.2, 0.25) is 0 Å². The number of carbonyl (C=O) groups is 1. The van der Waals surface area contributed by atoms with Crippen molar-refractivity contribution in [3.05, 3.63) is 65.7 Å². The van der Waals surface area contributed by atoms with Crippen molar-refractivity contribution < 1.29 is 13.9 Å². The fourth-order valence-corrected chi connectivity index (χ4v) is 2.50. The molecule has 1 atom stereocenters. The number of rotatable bonds is 4. The summed E-state index contributed by atoms with van der Waals surface area (Å²) in [5.74, 6) is -0.552. The minimum absolute atomic E-state index is 0.408. The smallest absolute Gasteiger partial charge is 0.343 e. The fraction of sp³-hybridized carbons (Fsp3) is 0.133. The zero-order valence-corrected chi connectivity index (χ0v) is 11.6. The summed E-state index contributed by atoms with van der Waals surface area (Å²) in [5, 5.41) is 0.562. The Morgan fingerprint density at radius 3 is 2.26 bits per heavy atom. The van der Waals surface area contributed by atoms with E-state index in [4.69, 9.17) is 4.52 Å². The van der Waals surface area contributed by atoms with Gasteiger partial charge in [-0.05, 0) is 36.2 Å². The maximum atomic E-state index is 12.0. The second kappa shape index (κ2) is 6.35. The van der Waals surface area contributed by atoms with Crippen LogP contribution in [0.15, 0.2) is 54.6 Å². The van der Waals surface area contributed by atoms with Crippen molar-refractivity contribution in [3.8, 4) is 0 Å². The first-order chi connectivity index (χ1) is 9.20. The van der Waals surface area contributed by atoms with E-state index in [0.29, 0.717) is 10.9 Å². The van der Waals surface area contributed by atoms with E-state index in [2.05, 4.69) is 0 Å². The Morgan fingerprint density at radius 2 is 1.68 bits per heavy atom. The molecule has 2 rings (SSSR count). The van der Waals surface area contributed by atoms with Gasteiger partial charge in [-0.25, -0.2) is 4.79 Å². The largest absolute Gasteiger partial charge is 0.407 e. The van der Waals surface area contributed by atoms with Gasteiger partial charge in [0.15, 0.2) is 0 Å². The molecule has 0 spiro atoms. The van der Waals surface area contributed by atoms with Crippen molar-refractivity contribution in [3.63, 3.8) is 0 Å². The average Bonchev–Trinajstić information content (AvgIpc) is 2.48. The molecule has 2 aromatic carbocycles. The zero-order valence-electron chi connectivity index (χ0n) is 10.6. The van der Waals surface area contributed by atoms with Crippen LogP contribution in [0.4, 0.5) is 0 Å². The topological polar surface area (TPSA) is 43.4 Å². The summed E-state index contributed by atoms with van der Waals surface area (Å²) < 4.78 is 17.0. The van der Waals surface area contributed by atoms with Gasteiger partial charge in [-0.3, -0.25) is 4.57 Å². The highest BCUT2D eigenvalue weighted by molar-refractivity contribution is 7.49. The van der Waals surface area contributed by atoms with Crippen LogP contribution in [0.2, 0.25) is 0 Å². The predicted molar refractivity (Wildman–Crippen MR) is 76.3 cm³/mol. The SMILES string of the molecule is CCc1ccc([PH](=O)OC(=O)c2ccccc2)cc1. The van der Waals surface area contributed by atoms with Crippen LogP contribution < -0.4 is 5.30 Å². The normalized spacial score (nSPS) is 11.8. The first-order valence-electron chi connectivity index (χ1n) is 6.11. The number of carbonyl (C=O) groups excluding carboxylic acids is 1. The Hall–Kier alpha value is -1.86. The van der Waals surface area contributed by atoms with Gasteiger partial charge in [0.25, 0.3) is 8.03 Å². The summed E-state index contributed by atoms with van der Waals surface area (Å²) in [5.41, 5.74) is 1.57. The Bertz CT molecular complexity index is 576. The third-order valence-electron chi connectivity index (χ3n) is 2.79. The van der Waals surface area contributed by atoms with E-state index >= 15 is 0 Å². The van der Waals surface area contributed by atoms with Crippen molar-refractivity contribution >= 4 is 19.3 Å². The second-order valence-electron chi connectivity index (χ2n) is 4.09. The van der Waals surface area contributed by atoms with Crippen molar-refractivity contribution in [2.24, 2.45) is 0 Å². The molecule has 0 aliphatic carbocycles. The van der Waals surface area contributed by atoms with Crippen molar-refractivity contribution in [2.75, 3.05) is 0 Å². The van der Waals surface area contributed by atoms with Gasteiger partial charge in [-0.15, -0.1) is 0 Å². The molecule has 0 bridgehead atoms. The molecule has 0 aliphatic heterocycles. The predicted octanol–water partition coefficient (Wildman–Crippen LogP) is 3.21. The molecule has 0 radical (unpaired) electrons. The molecule has 0 heterocycles. The molecular weight excluding hydrogens is 259 g/mol. The van der Waals surface area contributed by atoms with Crippen molar-refractivity contribution in [1.82, 2.24) is 0 Å². The lowest BCUT2D eigenvalue weighted by atomic mass is 10.2. The summed E-state index contributed by atoms with van der Waals surface area (Å²) in [6.07, 6.45) is 0.922. The van der Waals surface area contributed by atoms with Gasteiger partial charge in [0, 0.05) is 5.30 Å². The Morgan fingerprint density at radius 1 is 1.05 bits per heavy atom. The molecule has 98 valence electrons. The molecule has 0 saturated carbocycles.